The first-order valence-corrected chi connectivity index (χ1v) is 11.5. The fraction of sp³-hybridized carbons (Fsp3) is 0.208. The van der Waals surface area contributed by atoms with Crippen LogP contribution in [0.3, 0.4) is 0 Å². The topological polar surface area (TPSA) is 66.5 Å². The molecule has 30 heavy (non-hydrogen) atoms. The maximum Gasteiger partial charge on any atom is 0.251 e. The van der Waals surface area contributed by atoms with Crippen molar-refractivity contribution < 1.29 is 13.2 Å². The minimum Gasteiger partial charge on any atom is -0.349 e. The fourth-order valence-electron chi connectivity index (χ4n) is 3.70. The molecule has 3 aromatic rings. The van der Waals surface area contributed by atoms with Gasteiger partial charge in [-0.15, -0.1) is 0 Å². The van der Waals surface area contributed by atoms with Crippen LogP contribution in [0.5, 0.6) is 0 Å². The van der Waals surface area contributed by atoms with E-state index in [0.717, 1.165) is 11.1 Å². The Morgan fingerprint density at radius 1 is 0.767 bits per heavy atom. The molecule has 0 radical (unpaired) electrons. The Morgan fingerprint density at radius 2 is 1.30 bits per heavy atom. The Balaban J connectivity index is 1.34. The van der Waals surface area contributed by atoms with Gasteiger partial charge < -0.3 is 5.32 Å². The van der Waals surface area contributed by atoms with Crippen LogP contribution in [0.15, 0.2) is 89.8 Å². The van der Waals surface area contributed by atoms with Gasteiger partial charge in [0.2, 0.25) is 10.0 Å². The van der Waals surface area contributed by atoms with Crippen LogP contribution in [-0.2, 0) is 10.0 Å². The van der Waals surface area contributed by atoms with Crippen LogP contribution < -0.4 is 5.32 Å². The molecular weight excluding hydrogens is 396 g/mol. The highest BCUT2D eigenvalue weighted by Crippen LogP contribution is 2.22. The summed E-state index contributed by atoms with van der Waals surface area (Å²) in [6.07, 6.45) is 1.19. The van der Waals surface area contributed by atoms with Gasteiger partial charge in [-0.25, -0.2) is 8.42 Å². The zero-order valence-corrected chi connectivity index (χ0v) is 17.4. The lowest BCUT2D eigenvalue weighted by Gasteiger charge is -2.31. The van der Waals surface area contributed by atoms with E-state index in [4.69, 9.17) is 0 Å². The van der Waals surface area contributed by atoms with Crippen molar-refractivity contribution in [2.45, 2.75) is 23.8 Å². The van der Waals surface area contributed by atoms with E-state index in [0.29, 0.717) is 36.4 Å². The zero-order valence-electron chi connectivity index (χ0n) is 16.6. The predicted molar refractivity (Wildman–Crippen MR) is 118 cm³/mol. The molecule has 0 aliphatic carbocycles. The zero-order chi connectivity index (χ0) is 21.0. The molecular formula is C24H24N2O3S. The summed E-state index contributed by atoms with van der Waals surface area (Å²) < 4.78 is 26.9. The van der Waals surface area contributed by atoms with Crippen molar-refractivity contribution in [2.24, 2.45) is 0 Å². The number of hydrogen-bond acceptors (Lipinski definition) is 3. The summed E-state index contributed by atoms with van der Waals surface area (Å²) in [5.41, 5.74) is 2.78. The third-order valence-corrected chi connectivity index (χ3v) is 7.34. The van der Waals surface area contributed by atoms with Crippen molar-refractivity contribution in [3.63, 3.8) is 0 Å². The second kappa shape index (κ2) is 8.81. The summed E-state index contributed by atoms with van der Waals surface area (Å²) in [7, 11) is -3.48. The number of amides is 1. The van der Waals surface area contributed by atoms with Gasteiger partial charge >= 0.3 is 0 Å². The summed E-state index contributed by atoms with van der Waals surface area (Å²) in [4.78, 5) is 12.9. The molecule has 0 spiro atoms. The smallest absolute Gasteiger partial charge is 0.251 e. The standard InChI is InChI=1S/C24H24N2O3S/c27-24(21-13-11-20(12-14-21)19-7-3-1-4-8-19)25-22-15-17-26(18-16-22)30(28,29)23-9-5-2-6-10-23/h1-14,22H,15-18H2,(H,25,27). The number of rotatable bonds is 5. The van der Waals surface area contributed by atoms with Crippen molar-refractivity contribution in [3.05, 3.63) is 90.5 Å². The van der Waals surface area contributed by atoms with E-state index in [1.807, 2.05) is 54.6 Å². The third kappa shape index (κ3) is 4.45. The Bertz CT molecular complexity index is 1090. The van der Waals surface area contributed by atoms with Gasteiger partial charge in [-0.3, -0.25) is 4.79 Å². The molecule has 0 bridgehead atoms. The number of carbonyl (C=O) groups excluding carboxylic acids is 1. The average molecular weight is 421 g/mol. The molecule has 3 aromatic carbocycles. The number of nitrogens with zero attached hydrogens (tertiary/aromatic N) is 1. The average Bonchev–Trinajstić information content (AvgIpc) is 2.81. The molecule has 1 fully saturated rings. The van der Waals surface area contributed by atoms with Crippen molar-refractivity contribution in [2.75, 3.05) is 13.1 Å². The van der Waals surface area contributed by atoms with Crippen LogP contribution in [0.1, 0.15) is 23.2 Å². The number of sulfonamides is 1. The number of piperidine rings is 1. The predicted octanol–water partition coefficient (Wildman–Crippen LogP) is 3.94. The van der Waals surface area contributed by atoms with E-state index >= 15 is 0 Å². The van der Waals surface area contributed by atoms with Crippen LogP contribution in [0.25, 0.3) is 11.1 Å². The second-order valence-electron chi connectivity index (χ2n) is 7.41. The van der Waals surface area contributed by atoms with Gasteiger partial charge in [0, 0.05) is 24.7 Å². The lowest BCUT2D eigenvalue weighted by Crippen LogP contribution is -2.46. The molecule has 1 amide bonds. The SMILES string of the molecule is O=C(NC1CCN(S(=O)(=O)c2ccccc2)CC1)c1ccc(-c2ccccc2)cc1. The molecule has 1 aliphatic rings. The molecule has 1 N–H and O–H groups in total. The maximum absolute atomic E-state index is 12.7. The lowest BCUT2D eigenvalue weighted by atomic mass is 10.0. The Morgan fingerprint density at radius 3 is 1.90 bits per heavy atom. The molecule has 5 nitrogen and oxygen atoms in total. The summed E-state index contributed by atoms with van der Waals surface area (Å²) >= 11 is 0. The van der Waals surface area contributed by atoms with Gasteiger partial charge in [0.25, 0.3) is 5.91 Å². The molecule has 0 saturated carbocycles. The van der Waals surface area contributed by atoms with Crippen molar-refractivity contribution >= 4 is 15.9 Å². The van der Waals surface area contributed by atoms with Crippen molar-refractivity contribution in [1.82, 2.24) is 9.62 Å². The Hall–Kier alpha value is -2.96. The fourth-order valence-corrected chi connectivity index (χ4v) is 5.19. The first-order valence-electron chi connectivity index (χ1n) is 10.1. The van der Waals surface area contributed by atoms with E-state index in [1.54, 1.807) is 30.3 Å². The van der Waals surface area contributed by atoms with Gasteiger partial charge in [-0.1, -0.05) is 60.7 Å². The largest absolute Gasteiger partial charge is 0.349 e. The summed E-state index contributed by atoms with van der Waals surface area (Å²) in [6.45, 7) is 0.796. The molecule has 0 aromatic heterocycles. The van der Waals surface area contributed by atoms with Gasteiger partial charge in [-0.05, 0) is 48.2 Å². The molecule has 154 valence electrons. The number of carbonyl (C=O) groups is 1. The third-order valence-electron chi connectivity index (χ3n) is 5.42. The van der Waals surface area contributed by atoms with Crippen LogP contribution in [0.4, 0.5) is 0 Å². The Labute approximate surface area is 177 Å². The minimum absolute atomic E-state index is 0.0338. The molecule has 0 atom stereocenters. The van der Waals surface area contributed by atoms with E-state index in [1.165, 1.54) is 4.31 Å². The number of nitrogens with one attached hydrogen (secondary N) is 1. The number of benzene rings is 3. The monoisotopic (exact) mass is 420 g/mol. The molecule has 1 heterocycles. The van der Waals surface area contributed by atoms with E-state index < -0.39 is 10.0 Å². The maximum atomic E-state index is 12.7. The molecule has 1 saturated heterocycles. The summed E-state index contributed by atoms with van der Waals surface area (Å²) in [5.74, 6) is -0.126. The van der Waals surface area contributed by atoms with Gasteiger partial charge in [0.15, 0.2) is 0 Å². The van der Waals surface area contributed by atoms with E-state index in [-0.39, 0.29) is 11.9 Å². The quantitative estimate of drug-likeness (QED) is 0.680. The van der Waals surface area contributed by atoms with Crippen LogP contribution in [-0.4, -0.2) is 37.8 Å². The van der Waals surface area contributed by atoms with Crippen molar-refractivity contribution in [3.8, 4) is 11.1 Å². The van der Waals surface area contributed by atoms with Crippen LogP contribution in [0.2, 0.25) is 0 Å². The van der Waals surface area contributed by atoms with Crippen LogP contribution in [0, 0.1) is 0 Å². The van der Waals surface area contributed by atoms with Crippen molar-refractivity contribution in [1.29, 1.82) is 0 Å². The second-order valence-corrected chi connectivity index (χ2v) is 9.35. The highest BCUT2D eigenvalue weighted by molar-refractivity contribution is 7.89. The van der Waals surface area contributed by atoms with Gasteiger partial charge in [-0.2, -0.15) is 4.31 Å². The molecule has 6 heteroatoms. The number of hydrogen-bond donors (Lipinski definition) is 1. The lowest BCUT2D eigenvalue weighted by molar-refractivity contribution is 0.0924. The summed E-state index contributed by atoms with van der Waals surface area (Å²) in [6, 6.07) is 26.0. The minimum atomic E-state index is -3.48. The first-order chi connectivity index (χ1) is 14.5. The first kappa shape index (κ1) is 20.3. The normalized spacial score (nSPS) is 15.6. The highest BCUT2D eigenvalue weighted by atomic mass is 32.2. The van der Waals surface area contributed by atoms with Gasteiger partial charge in [0.05, 0.1) is 4.90 Å². The van der Waals surface area contributed by atoms with Gasteiger partial charge in [0.1, 0.15) is 0 Å². The summed E-state index contributed by atoms with van der Waals surface area (Å²) in [5, 5.41) is 3.05. The Kier molecular flexibility index (Phi) is 5.97. The van der Waals surface area contributed by atoms with E-state index in [2.05, 4.69) is 5.32 Å². The van der Waals surface area contributed by atoms with E-state index in [9.17, 15) is 13.2 Å². The molecule has 0 unspecified atom stereocenters. The molecule has 1 aliphatic heterocycles. The van der Waals surface area contributed by atoms with Crippen LogP contribution >= 0.6 is 0 Å². The highest BCUT2D eigenvalue weighted by Gasteiger charge is 2.29. The molecule has 4 rings (SSSR count).